The smallest absolute Gasteiger partial charge is 0.311 e. The Morgan fingerprint density at radius 3 is 2.88 bits per heavy atom. The van der Waals surface area contributed by atoms with Gasteiger partial charge in [0.05, 0.1) is 12.5 Å². The monoisotopic (exact) mass is 255 g/mol. The van der Waals surface area contributed by atoms with E-state index < -0.39 is 0 Å². The predicted octanol–water partition coefficient (Wildman–Crippen LogP) is 2.15. The van der Waals surface area contributed by atoms with E-state index in [0.29, 0.717) is 13.0 Å². The fourth-order valence-electron chi connectivity index (χ4n) is 2.27. The van der Waals surface area contributed by atoms with E-state index >= 15 is 0 Å². The lowest BCUT2D eigenvalue weighted by Crippen LogP contribution is -2.26. The summed E-state index contributed by atoms with van der Waals surface area (Å²) in [5.41, 5.74) is 9.54. The number of ether oxygens (including phenoxy) is 1. The molecule has 2 rings (SSSR count). The van der Waals surface area contributed by atoms with Crippen molar-refractivity contribution in [3.8, 4) is 0 Å². The number of nitrogens with two attached hydrogens (primary N) is 1. The van der Waals surface area contributed by atoms with E-state index in [-0.39, 0.29) is 30.3 Å². The van der Waals surface area contributed by atoms with Gasteiger partial charge in [-0.3, -0.25) is 4.79 Å². The molecule has 4 heteroatoms. The van der Waals surface area contributed by atoms with Crippen molar-refractivity contribution in [3.63, 3.8) is 0 Å². The van der Waals surface area contributed by atoms with E-state index in [1.54, 1.807) is 0 Å². The van der Waals surface area contributed by atoms with E-state index in [0.717, 1.165) is 5.56 Å². The van der Waals surface area contributed by atoms with Crippen molar-refractivity contribution in [2.75, 3.05) is 6.61 Å². The zero-order chi connectivity index (χ0) is 11.7. The standard InChI is InChI=1S/C13H17NO2.ClH/c1-3-16-13(15)11-7-9-5-4-8(2)6-10(9)12(11)14;/h4-6,11-12H,3,7,14H2,1-2H3;1H/t11-,12+;/m1./s1. The summed E-state index contributed by atoms with van der Waals surface area (Å²) in [5.74, 6) is -0.388. The lowest BCUT2D eigenvalue weighted by Gasteiger charge is -2.14. The molecule has 1 aliphatic carbocycles. The van der Waals surface area contributed by atoms with Crippen LogP contribution in [0.2, 0.25) is 0 Å². The Morgan fingerprint density at radius 2 is 2.24 bits per heavy atom. The Balaban J connectivity index is 0.00000144. The molecular weight excluding hydrogens is 238 g/mol. The number of carbonyl (C=O) groups is 1. The summed E-state index contributed by atoms with van der Waals surface area (Å²) in [4.78, 5) is 11.7. The molecule has 0 heterocycles. The quantitative estimate of drug-likeness (QED) is 0.824. The molecule has 2 N–H and O–H groups in total. The van der Waals surface area contributed by atoms with Crippen LogP contribution in [0.4, 0.5) is 0 Å². The molecule has 0 fully saturated rings. The minimum Gasteiger partial charge on any atom is -0.466 e. The van der Waals surface area contributed by atoms with Gasteiger partial charge >= 0.3 is 5.97 Å². The van der Waals surface area contributed by atoms with Crippen LogP contribution in [-0.4, -0.2) is 12.6 Å². The second-order valence-corrected chi connectivity index (χ2v) is 4.29. The first-order chi connectivity index (χ1) is 7.63. The van der Waals surface area contributed by atoms with Crippen molar-refractivity contribution in [1.29, 1.82) is 0 Å². The van der Waals surface area contributed by atoms with Crippen molar-refractivity contribution < 1.29 is 9.53 Å². The predicted molar refractivity (Wildman–Crippen MR) is 69.2 cm³/mol. The number of hydrogen-bond donors (Lipinski definition) is 1. The van der Waals surface area contributed by atoms with Gasteiger partial charge in [-0.15, -0.1) is 12.4 Å². The van der Waals surface area contributed by atoms with Gasteiger partial charge in [-0.05, 0) is 31.4 Å². The summed E-state index contributed by atoms with van der Waals surface area (Å²) in [6, 6.07) is 5.97. The topological polar surface area (TPSA) is 52.3 Å². The van der Waals surface area contributed by atoms with Crippen molar-refractivity contribution in [2.24, 2.45) is 11.7 Å². The molecule has 0 aromatic heterocycles. The van der Waals surface area contributed by atoms with Crippen LogP contribution < -0.4 is 5.73 Å². The summed E-state index contributed by atoms with van der Waals surface area (Å²) in [5, 5.41) is 0. The molecule has 2 atom stereocenters. The van der Waals surface area contributed by atoms with E-state index in [1.165, 1.54) is 11.1 Å². The van der Waals surface area contributed by atoms with E-state index in [1.807, 2.05) is 13.8 Å². The van der Waals surface area contributed by atoms with E-state index in [4.69, 9.17) is 10.5 Å². The van der Waals surface area contributed by atoms with Gasteiger partial charge in [0, 0.05) is 6.04 Å². The molecule has 94 valence electrons. The molecule has 1 aromatic carbocycles. The number of rotatable bonds is 2. The number of aryl methyl sites for hydroxylation is 1. The van der Waals surface area contributed by atoms with Crippen LogP contribution in [0.1, 0.15) is 29.7 Å². The summed E-state index contributed by atoms with van der Waals surface area (Å²) in [7, 11) is 0. The molecule has 3 nitrogen and oxygen atoms in total. The van der Waals surface area contributed by atoms with Gasteiger partial charge < -0.3 is 10.5 Å². The van der Waals surface area contributed by atoms with Gasteiger partial charge in [0.15, 0.2) is 0 Å². The Labute approximate surface area is 108 Å². The van der Waals surface area contributed by atoms with Gasteiger partial charge in [0.1, 0.15) is 0 Å². The van der Waals surface area contributed by atoms with Crippen LogP contribution in [-0.2, 0) is 16.0 Å². The molecule has 17 heavy (non-hydrogen) atoms. The highest BCUT2D eigenvalue weighted by atomic mass is 35.5. The first-order valence-electron chi connectivity index (χ1n) is 5.65. The number of fused-ring (bicyclic) bond motifs is 1. The summed E-state index contributed by atoms with van der Waals surface area (Å²) < 4.78 is 5.04. The summed E-state index contributed by atoms with van der Waals surface area (Å²) >= 11 is 0. The van der Waals surface area contributed by atoms with Crippen molar-refractivity contribution >= 4 is 18.4 Å². The molecule has 1 aliphatic rings. The molecule has 0 aliphatic heterocycles. The summed E-state index contributed by atoms with van der Waals surface area (Å²) in [6.45, 7) is 4.26. The van der Waals surface area contributed by atoms with Crippen LogP contribution in [0.5, 0.6) is 0 Å². The fourth-order valence-corrected chi connectivity index (χ4v) is 2.27. The lowest BCUT2D eigenvalue weighted by atomic mass is 10.0. The third-order valence-corrected chi connectivity index (χ3v) is 3.12. The SMILES string of the molecule is CCOC(=O)[C@@H]1Cc2ccc(C)cc2[C@@H]1N.Cl. The number of benzene rings is 1. The van der Waals surface area contributed by atoms with Crippen LogP contribution >= 0.6 is 12.4 Å². The lowest BCUT2D eigenvalue weighted by molar-refractivity contribution is -0.148. The second kappa shape index (κ2) is 5.52. The van der Waals surface area contributed by atoms with E-state index in [2.05, 4.69) is 18.2 Å². The average molecular weight is 256 g/mol. The van der Waals surface area contributed by atoms with Gasteiger partial charge in [-0.1, -0.05) is 23.8 Å². The largest absolute Gasteiger partial charge is 0.466 e. The van der Waals surface area contributed by atoms with Gasteiger partial charge in [-0.25, -0.2) is 0 Å². The number of halogens is 1. The number of carbonyl (C=O) groups excluding carboxylic acids is 1. The highest BCUT2D eigenvalue weighted by Gasteiger charge is 2.35. The maximum atomic E-state index is 11.7. The van der Waals surface area contributed by atoms with Crippen molar-refractivity contribution in [2.45, 2.75) is 26.3 Å². The Morgan fingerprint density at radius 1 is 1.53 bits per heavy atom. The number of hydrogen-bond acceptors (Lipinski definition) is 3. The van der Waals surface area contributed by atoms with Gasteiger partial charge in [0.25, 0.3) is 0 Å². The van der Waals surface area contributed by atoms with Crippen LogP contribution in [0.25, 0.3) is 0 Å². The Kier molecular flexibility index (Phi) is 4.54. The molecule has 0 radical (unpaired) electrons. The Hall–Kier alpha value is -1.06. The van der Waals surface area contributed by atoms with Crippen LogP contribution in [0, 0.1) is 12.8 Å². The zero-order valence-corrected chi connectivity index (χ0v) is 10.9. The minimum atomic E-state index is -0.214. The zero-order valence-electron chi connectivity index (χ0n) is 10.1. The molecule has 0 spiro atoms. The molecule has 0 saturated heterocycles. The highest BCUT2D eigenvalue weighted by Crippen LogP contribution is 2.35. The molecule has 1 aromatic rings. The van der Waals surface area contributed by atoms with E-state index in [9.17, 15) is 4.79 Å². The molecular formula is C13H18ClNO2. The van der Waals surface area contributed by atoms with Gasteiger partial charge in [-0.2, -0.15) is 0 Å². The van der Waals surface area contributed by atoms with Crippen LogP contribution in [0.3, 0.4) is 0 Å². The van der Waals surface area contributed by atoms with Gasteiger partial charge in [0.2, 0.25) is 0 Å². The third-order valence-electron chi connectivity index (χ3n) is 3.12. The first kappa shape index (κ1) is 14.0. The normalized spacial score (nSPS) is 21.6. The second-order valence-electron chi connectivity index (χ2n) is 4.29. The molecule has 0 unspecified atom stereocenters. The third kappa shape index (κ3) is 2.61. The molecule has 0 amide bonds. The highest BCUT2D eigenvalue weighted by molar-refractivity contribution is 5.85. The van der Waals surface area contributed by atoms with Crippen molar-refractivity contribution in [1.82, 2.24) is 0 Å². The Bertz CT molecular complexity index is 420. The van der Waals surface area contributed by atoms with Crippen molar-refractivity contribution in [3.05, 3.63) is 34.9 Å². The average Bonchev–Trinajstić information content (AvgIpc) is 2.57. The number of esters is 1. The summed E-state index contributed by atoms with van der Waals surface area (Å²) in [6.07, 6.45) is 0.704. The van der Waals surface area contributed by atoms with Crippen LogP contribution in [0.15, 0.2) is 18.2 Å². The fraction of sp³-hybridized carbons (Fsp3) is 0.462. The first-order valence-corrected chi connectivity index (χ1v) is 5.65. The maximum absolute atomic E-state index is 11.7. The molecule has 0 bridgehead atoms. The molecule has 0 saturated carbocycles. The minimum absolute atomic E-state index is 0. The maximum Gasteiger partial charge on any atom is 0.311 e.